The molecule has 104 valence electrons. The summed E-state index contributed by atoms with van der Waals surface area (Å²) in [6.45, 7) is 3.62. The summed E-state index contributed by atoms with van der Waals surface area (Å²) in [5, 5.41) is 0. The Balaban J connectivity index is 2.48. The third-order valence-corrected chi connectivity index (χ3v) is 3.92. The summed E-state index contributed by atoms with van der Waals surface area (Å²) in [6.07, 6.45) is 5.15. The molecule has 0 aliphatic carbocycles. The maximum Gasteiger partial charge on any atom is 0.150 e. The van der Waals surface area contributed by atoms with Crippen molar-refractivity contribution in [2.24, 2.45) is 0 Å². The first-order valence-corrected chi connectivity index (χ1v) is 6.97. The van der Waals surface area contributed by atoms with Crippen molar-refractivity contribution in [3.05, 3.63) is 29.3 Å². The maximum atomic E-state index is 10.9. The number of aldehydes is 1. The van der Waals surface area contributed by atoms with E-state index < -0.39 is 0 Å². The van der Waals surface area contributed by atoms with Crippen molar-refractivity contribution < 1.29 is 14.3 Å². The minimum atomic E-state index is 0.0246. The van der Waals surface area contributed by atoms with Crippen LogP contribution in [-0.4, -0.2) is 26.6 Å². The highest BCUT2D eigenvalue weighted by molar-refractivity contribution is 5.76. The molecule has 0 saturated heterocycles. The molecule has 0 radical (unpaired) electrons. The first kappa shape index (κ1) is 14.1. The van der Waals surface area contributed by atoms with E-state index in [4.69, 9.17) is 9.47 Å². The van der Waals surface area contributed by atoms with Crippen molar-refractivity contribution in [3.8, 4) is 5.75 Å². The third-order valence-electron chi connectivity index (χ3n) is 3.92. The Hall–Kier alpha value is -1.35. The minimum absolute atomic E-state index is 0.0246. The number of hydrogen-bond acceptors (Lipinski definition) is 3. The van der Waals surface area contributed by atoms with Gasteiger partial charge in [-0.25, -0.2) is 0 Å². The number of ether oxygens (including phenoxy) is 2. The largest absolute Gasteiger partial charge is 0.493 e. The van der Waals surface area contributed by atoms with Crippen LogP contribution < -0.4 is 4.74 Å². The number of rotatable bonds is 5. The normalized spacial score (nSPS) is 22.2. The molecule has 0 fully saturated rings. The first-order chi connectivity index (χ1) is 9.25. The molecule has 0 N–H and O–H groups in total. The fourth-order valence-electron chi connectivity index (χ4n) is 3.13. The van der Waals surface area contributed by atoms with Crippen LogP contribution in [0.5, 0.6) is 5.75 Å². The van der Waals surface area contributed by atoms with Gasteiger partial charge in [-0.1, -0.05) is 25.5 Å². The molecule has 3 heteroatoms. The molecule has 0 aromatic heterocycles. The minimum Gasteiger partial charge on any atom is -0.493 e. The quantitative estimate of drug-likeness (QED) is 0.763. The lowest BCUT2D eigenvalue weighted by Gasteiger charge is -2.33. The summed E-state index contributed by atoms with van der Waals surface area (Å²) in [5.74, 6) is 0.854. The molecule has 0 bridgehead atoms. The predicted octanol–water partition coefficient (Wildman–Crippen LogP) is 3.36. The van der Waals surface area contributed by atoms with E-state index in [1.54, 1.807) is 7.11 Å². The molecule has 0 saturated carbocycles. The van der Waals surface area contributed by atoms with Crippen molar-refractivity contribution in [3.63, 3.8) is 0 Å². The number of methoxy groups -OCH3 is 1. The van der Waals surface area contributed by atoms with Crippen LogP contribution in [0.3, 0.4) is 0 Å². The van der Waals surface area contributed by atoms with E-state index in [9.17, 15) is 4.79 Å². The van der Waals surface area contributed by atoms with E-state index in [-0.39, 0.29) is 5.41 Å². The maximum absolute atomic E-state index is 10.9. The van der Waals surface area contributed by atoms with E-state index in [1.807, 2.05) is 18.2 Å². The van der Waals surface area contributed by atoms with E-state index in [1.165, 1.54) is 5.56 Å². The zero-order valence-electron chi connectivity index (χ0n) is 11.8. The first-order valence-electron chi connectivity index (χ1n) is 6.97. The van der Waals surface area contributed by atoms with Crippen LogP contribution in [0.2, 0.25) is 0 Å². The highest BCUT2D eigenvalue weighted by atomic mass is 16.5. The van der Waals surface area contributed by atoms with Crippen molar-refractivity contribution in [1.29, 1.82) is 0 Å². The van der Waals surface area contributed by atoms with E-state index in [0.29, 0.717) is 18.8 Å². The Kier molecular flexibility index (Phi) is 4.59. The van der Waals surface area contributed by atoms with Gasteiger partial charge in [0.15, 0.2) is 0 Å². The monoisotopic (exact) mass is 262 g/mol. The van der Waals surface area contributed by atoms with Gasteiger partial charge in [0.05, 0.1) is 13.2 Å². The molecule has 1 aliphatic heterocycles. The highest BCUT2D eigenvalue weighted by Crippen LogP contribution is 2.42. The molecule has 1 heterocycles. The molecule has 0 amide bonds. The zero-order valence-corrected chi connectivity index (χ0v) is 11.8. The molecule has 1 aromatic carbocycles. The summed E-state index contributed by atoms with van der Waals surface area (Å²) in [4.78, 5) is 10.9. The summed E-state index contributed by atoms with van der Waals surface area (Å²) in [6, 6.07) is 5.77. The Labute approximate surface area is 114 Å². The van der Waals surface area contributed by atoms with Crippen LogP contribution in [-0.2, 0) is 10.2 Å². The second-order valence-corrected chi connectivity index (χ2v) is 5.29. The topological polar surface area (TPSA) is 35.5 Å². The van der Waals surface area contributed by atoms with Crippen molar-refractivity contribution in [1.82, 2.24) is 0 Å². The summed E-state index contributed by atoms with van der Waals surface area (Å²) in [5.41, 5.74) is 1.89. The lowest BCUT2D eigenvalue weighted by Crippen LogP contribution is -2.31. The zero-order chi connectivity index (χ0) is 13.7. The lowest BCUT2D eigenvalue weighted by atomic mass is 9.74. The van der Waals surface area contributed by atoms with Crippen LogP contribution in [0.1, 0.15) is 48.5 Å². The van der Waals surface area contributed by atoms with Gasteiger partial charge in [-0.2, -0.15) is 0 Å². The number of fused-ring (bicyclic) bond motifs is 1. The summed E-state index contributed by atoms with van der Waals surface area (Å²) < 4.78 is 11.3. The van der Waals surface area contributed by atoms with Gasteiger partial charge in [-0.3, -0.25) is 4.79 Å². The molecule has 0 spiro atoms. The SMILES string of the molecule is CCCC1(COC)CCCOc2cc(C=O)ccc21. The fourth-order valence-corrected chi connectivity index (χ4v) is 3.13. The van der Waals surface area contributed by atoms with Gasteiger partial charge >= 0.3 is 0 Å². The third kappa shape index (κ3) is 2.81. The van der Waals surface area contributed by atoms with Crippen LogP contribution in [0.15, 0.2) is 18.2 Å². The molecule has 1 unspecified atom stereocenters. The summed E-state index contributed by atoms with van der Waals surface area (Å²) in [7, 11) is 1.75. The molecular formula is C16H22O3. The molecule has 1 aliphatic rings. The second kappa shape index (κ2) is 6.20. The Morgan fingerprint density at radius 3 is 3.00 bits per heavy atom. The highest BCUT2D eigenvalue weighted by Gasteiger charge is 2.35. The predicted molar refractivity (Wildman–Crippen MR) is 75.0 cm³/mol. The Morgan fingerprint density at radius 1 is 1.47 bits per heavy atom. The second-order valence-electron chi connectivity index (χ2n) is 5.29. The summed E-state index contributed by atoms with van der Waals surface area (Å²) >= 11 is 0. The molecular weight excluding hydrogens is 240 g/mol. The van der Waals surface area contributed by atoms with Crippen molar-refractivity contribution in [2.45, 2.75) is 38.0 Å². The number of hydrogen-bond donors (Lipinski definition) is 0. The average molecular weight is 262 g/mol. The smallest absolute Gasteiger partial charge is 0.150 e. The van der Waals surface area contributed by atoms with Crippen LogP contribution in [0.25, 0.3) is 0 Å². The van der Waals surface area contributed by atoms with Gasteiger partial charge in [0.25, 0.3) is 0 Å². The number of carbonyl (C=O) groups excluding carboxylic acids is 1. The lowest BCUT2D eigenvalue weighted by molar-refractivity contribution is 0.112. The van der Waals surface area contributed by atoms with E-state index in [2.05, 4.69) is 6.92 Å². The van der Waals surface area contributed by atoms with Crippen molar-refractivity contribution in [2.75, 3.05) is 20.3 Å². The van der Waals surface area contributed by atoms with Gasteiger partial charge in [-0.15, -0.1) is 0 Å². The van der Waals surface area contributed by atoms with Crippen LogP contribution >= 0.6 is 0 Å². The van der Waals surface area contributed by atoms with E-state index >= 15 is 0 Å². The van der Waals surface area contributed by atoms with Crippen LogP contribution in [0.4, 0.5) is 0 Å². The molecule has 1 atom stereocenters. The van der Waals surface area contributed by atoms with Gasteiger partial charge in [0, 0.05) is 23.7 Å². The van der Waals surface area contributed by atoms with Crippen molar-refractivity contribution >= 4 is 6.29 Å². The van der Waals surface area contributed by atoms with E-state index in [0.717, 1.165) is 37.7 Å². The molecule has 19 heavy (non-hydrogen) atoms. The fraction of sp³-hybridized carbons (Fsp3) is 0.562. The number of benzene rings is 1. The van der Waals surface area contributed by atoms with Gasteiger partial charge in [-0.05, 0) is 25.3 Å². The average Bonchev–Trinajstić information content (AvgIpc) is 2.59. The molecule has 1 aromatic rings. The molecule has 3 nitrogen and oxygen atoms in total. The number of carbonyl (C=O) groups is 1. The van der Waals surface area contributed by atoms with Gasteiger partial charge < -0.3 is 9.47 Å². The Morgan fingerprint density at radius 2 is 2.32 bits per heavy atom. The molecule has 2 rings (SSSR count). The van der Waals surface area contributed by atoms with Gasteiger partial charge in [0.2, 0.25) is 0 Å². The van der Waals surface area contributed by atoms with Gasteiger partial charge in [0.1, 0.15) is 12.0 Å². The standard InChI is InChI=1S/C16H22O3/c1-3-7-16(12-18-2)8-4-9-19-15-10-13(11-17)5-6-14(15)16/h5-6,10-11H,3-4,7-9,12H2,1-2H3. The Bertz CT molecular complexity index is 434. The van der Waals surface area contributed by atoms with Crippen LogP contribution in [0, 0.1) is 0 Å².